The minimum atomic E-state index is -1.46. The molecule has 1 aromatic carbocycles. The van der Waals surface area contributed by atoms with Crippen molar-refractivity contribution in [1.29, 1.82) is 0 Å². The van der Waals surface area contributed by atoms with Crippen molar-refractivity contribution in [2.45, 2.75) is 0 Å². The smallest absolute Gasteiger partial charge is 0.423 e. The quantitative estimate of drug-likeness (QED) is 0.556. The van der Waals surface area contributed by atoms with Crippen LogP contribution >= 0.6 is 0 Å². The largest absolute Gasteiger partial charge is 0.488 e. The van der Waals surface area contributed by atoms with E-state index in [0.717, 1.165) is 5.39 Å². The molecule has 0 saturated heterocycles. The van der Waals surface area contributed by atoms with Gasteiger partial charge in [-0.2, -0.15) is 0 Å². The summed E-state index contributed by atoms with van der Waals surface area (Å²) in [6.45, 7) is 0. The predicted molar refractivity (Wildman–Crippen MR) is 43.8 cm³/mol. The molecule has 2 rings (SSSR count). The van der Waals surface area contributed by atoms with Gasteiger partial charge in [-0.1, -0.05) is 11.2 Å². The average Bonchev–Trinajstić information content (AvgIpc) is 2.49. The number of benzene rings is 1. The maximum atomic E-state index is 8.81. The van der Waals surface area contributed by atoms with Gasteiger partial charge in [0.1, 0.15) is 0 Å². The van der Waals surface area contributed by atoms with Crippen LogP contribution in [0.15, 0.2) is 28.9 Å². The first-order valence-corrected chi connectivity index (χ1v) is 3.48. The zero-order valence-electron chi connectivity index (χ0n) is 6.14. The normalized spacial score (nSPS) is 10.5. The summed E-state index contributed by atoms with van der Waals surface area (Å²) in [7, 11) is -1.46. The van der Waals surface area contributed by atoms with Gasteiger partial charge in [0.2, 0.25) is 0 Å². The van der Waals surface area contributed by atoms with Gasteiger partial charge in [0.05, 0.1) is 6.20 Å². The first kappa shape index (κ1) is 7.33. The highest BCUT2D eigenvalue weighted by atomic mass is 16.5. The molecule has 0 spiro atoms. The molecule has 60 valence electrons. The highest BCUT2D eigenvalue weighted by Crippen LogP contribution is 2.09. The molecule has 1 aromatic heterocycles. The Morgan fingerprint density at radius 2 is 2.17 bits per heavy atom. The van der Waals surface area contributed by atoms with Gasteiger partial charge in [-0.15, -0.1) is 0 Å². The SMILES string of the molecule is OB(O)c1ccc2cnoc2c1. The number of fused-ring (bicyclic) bond motifs is 1. The molecule has 0 saturated carbocycles. The zero-order chi connectivity index (χ0) is 8.55. The molecule has 0 aliphatic rings. The van der Waals surface area contributed by atoms with E-state index >= 15 is 0 Å². The van der Waals surface area contributed by atoms with E-state index in [1.165, 1.54) is 0 Å². The van der Waals surface area contributed by atoms with Gasteiger partial charge in [-0.25, -0.2) is 0 Å². The Morgan fingerprint density at radius 3 is 2.92 bits per heavy atom. The van der Waals surface area contributed by atoms with E-state index in [0.29, 0.717) is 11.0 Å². The van der Waals surface area contributed by atoms with Crippen molar-refractivity contribution >= 4 is 23.6 Å². The van der Waals surface area contributed by atoms with Gasteiger partial charge in [0.15, 0.2) is 5.58 Å². The second kappa shape index (κ2) is 2.62. The lowest BCUT2D eigenvalue weighted by Crippen LogP contribution is -2.29. The average molecular weight is 163 g/mol. The lowest BCUT2D eigenvalue weighted by atomic mass is 9.80. The first-order chi connectivity index (χ1) is 5.77. The Morgan fingerprint density at radius 1 is 1.33 bits per heavy atom. The van der Waals surface area contributed by atoms with Crippen molar-refractivity contribution < 1.29 is 14.6 Å². The fourth-order valence-electron chi connectivity index (χ4n) is 1.04. The molecule has 4 nitrogen and oxygen atoms in total. The highest BCUT2D eigenvalue weighted by Gasteiger charge is 2.11. The summed E-state index contributed by atoms with van der Waals surface area (Å²) in [6, 6.07) is 4.89. The van der Waals surface area contributed by atoms with Crippen LogP contribution in [0.2, 0.25) is 0 Å². The predicted octanol–water partition coefficient (Wildman–Crippen LogP) is -0.492. The molecule has 0 fully saturated rings. The number of rotatable bonds is 1. The first-order valence-electron chi connectivity index (χ1n) is 3.48. The Labute approximate surface area is 68.6 Å². The third-order valence-electron chi connectivity index (χ3n) is 1.68. The number of aromatic nitrogens is 1. The maximum Gasteiger partial charge on any atom is 0.488 e. The zero-order valence-corrected chi connectivity index (χ0v) is 6.14. The molecule has 1 heterocycles. The van der Waals surface area contributed by atoms with E-state index in [9.17, 15) is 0 Å². The molecule has 0 radical (unpaired) electrons. The van der Waals surface area contributed by atoms with Crippen LogP contribution in [0.4, 0.5) is 0 Å². The van der Waals surface area contributed by atoms with Crippen LogP contribution in [-0.4, -0.2) is 22.3 Å². The lowest BCUT2D eigenvalue weighted by Gasteiger charge is -1.96. The molecule has 0 bridgehead atoms. The Hall–Kier alpha value is -1.33. The van der Waals surface area contributed by atoms with Crippen LogP contribution in [0, 0.1) is 0 Å². The number of nitrogens with zero attached hydrogens (tertiary/aromatic N) is 1. The fourth-order valence-corrected chi connectivity index (χ4v) is 1.04. The topological polar surface area (TPSA) is 66.5 Å². The summed E-state index contributed by atoms with van der Waals surface area (Å²) in [5, 5.41) is 22.0. The Kier molecular flexibility index (Phi) is 1.60. The van der Waals surface area contributed by atoms with Crippen molar-refractivity contribution in [3.8, 4) is 0 Å². The van der Waals surface area contributed by atoms with Gasteiger partial charge in [-0.05, 0) is 17.6 Å². The van der Waals surface area contributed by atoms with Crippen LogP contribution in [0.5, 0.6) is 0 Å². The van der Waals surface area contributed by atoms with E-state index in [2.05, 4.69) is 5.16 Å². The van der Waals surface area contributed by atoms with Gasteiger partial charge in [-0.3, -0.25) is 0 Å². The molecule has 0 amide bonds. The van der Waals surface area contributed by atoms with Gasteiger partial charge >= 0.3 is 7.12 Å². The second-order valence-corrected chi connectivity index (χ2v) is 2.50. The summed E-state index contributed by atoms with van der Waals surface area (Å²) < 4.78 is 4.84. The van der Waals surface area contributed by atoms with E-state index in [4.69, 9.17) is 14.6 Å². The van der Waals surface area contributed by atoms with Crippen molar-refractivity contribution in [2.24, 2.45) is 0 Å². The van der Waals surface area contributed by atoms with Gasteiger partial charge in [0.25, 0.3) is 0 Å². The van der Waals surface area contributed by atoms with E-state index < -0.39 is 7.12 Å². The molecule has 0 aliphatic heterocycles. The molecule has 2 N–H and O–H groups in total. The standard InChI is InChI=1S/C7H6BNO3/c10-8(11)6-2-1-5-4-9-12-7(5)3-6/h1-4,10-11H. The summed E-state index contributed by atoms with van der Waals surface area (Å²) in [5.41, 5.74) is 0.958. The lowest BCUT2D eigenvalue weighted by molar-refractivity contribution is 0.425. The van der Waals surface area contributed by atoms with Gasteiger partial charge < -0.3 is 14.6 Å². The maximum absolute atomic E-state index is 8.81. The van der Waals surface area contributed by atoms with Crippen LogP contribution < -0.4 is 5.46 Å². The molecule has 0 atom stereocenters. The summed E-state index contributed by atoms with van der Waals surface area (Å²) in [4.78, 5) is 0. The molecular formula is C7H6BNO3. The third kappa shape index (κ3) is 1.09. The third-order valence-corrected chi connectivity index (χ3v) is 1.68. The summed E-state index contributed by atoms with van der Waals surface area (Å²) in [6.07, 6.45) is 1.57. The molecular weight excluding hydrogens is 157 g/mol. The van der Waals surface area contributed by atoms with Crippen molar-refractivity contribution in [3.63, 3.8) is 0 Å². The Balaban J connectivity index is 2.60. The van der Waals surface area contributed by atoms with E-state index in [1.54, 1.807) is 24.4 Å². The van der Waals surface area contributed by atoms with E-state index in [-0.39, 0.29) is 0 Å². The highest BCUT2D eigenvalue weighted by molar-refractivity contribution is 6.58. The van der Waals surface area contributed by atoms with Crippen LogP contribution in [0.3, 0.4) is 0 Å². The molecule has 5 heteroatoms. The fraction of sp³-hybridized carbons (Fsp3) is 0. The summed E-state index contributed by atoms with van der Waals surface area (Å²) >= 11 is 0. The molecule has 0 unspecified atom stereocenters. The van der Waals surface area contributed by atoms with E-state index in [1.807, 2.05) is 0 Å². The second-order valence-electron chi connectivity index (χ2n) is 2.50. The monoisotopic (exact) mass is 163 g/mol. The molecule has 0 aliphatic carbocycles. The van der Waals surface area contributed by atoms with Crippen LogP contribution in [0.25, 0.3) is 11.0 Å². The van der Waals surface area contributed by atoms with Gasteiger partial charge in [0, 0.05) is 5.39 Å². The minimum absolute atomic E-state index is 0.402. The summed E-state index contributed by atoms with van der Waals surface area (Å²) in [5.74, 6) is 0. The van der Waals surface area contributed by atoms with Crippen molar-refractivity contribution in [1.82, 2.24) is 5.16 Å². The van der Waals surface area contributed by atoms with Crippen molar-refractivity contribution in [3.05, 3.63) is 24.4 Å². The molecule has 12 heavy (non-hydrogen) atoms. The Bertz CT molecular complexity index is 398. The minimum Gasteiger partial charge on any atom is -0.423 e. The number of hydrogen-bond acceptors (Lipinski definition) is 4. The number of hydrogen-bond donors (Lipinski definition) is 2. The van der Waals surface area contributed by atoms with Crippen LogP contribution in [0.1, 0.15) is 0 Å². The van der Waals surface area contributed by atoms with Crippen LogP contribution in [-0.2, 0) is 0 Å². The van der Waals surface area contributed by atoms with Crippen molar-refractivity contribution in [2.75, 3.05) is 0 Å². The molecule has 2 aromatic rings.